The second kappa shape index (κ2) is 16.1. The summed E-state index contributed by atoms with van der Waals surface area (Å²) in [6.45, 7) is 6.53. The van der Waals surface area contributed by atoms with Crippen LogP contribution >= 0.6 is 12.4 Å². The van der Waals surface area contributed by atoms with Gasteiger partial charge in [0.2, 0.25) is 0 Å². The lowest BCUT2D eigenvalue weighted by Crippen LogP contribution is -2.33. The smallest absolute Gasteiger partial charge is 0.128 e. The Morgan fingerprint density at radius 1 is 0.767 bits per heavy atom. The Morgan fingerprint density at radius 3 is 1.90 bits per heavy atom. The standard InChI is InChI=1S/C26H41N3.ClH/c1-3-5-7-9-11-15-21-29(22-16-12-10-8-6-4-2)26(27)24-19-20-28-25-18-14-13-17-23(24)25;/h13-14,17-20,27H,3-12,15-16,21-22H2,1-2H3;1H. The largest absolute Gasteiger partial charge is 0.357 e. The Morgan fingerprint density at radius 2 is 1.30 bits per heavy atom. The Bertz CT molecular complexity index is 695. The quantitative estimate of drug-likeness (QED) is 0.176. The van der Waals surface area contributed by atoms with E-state index < -0.39 is 0 Å². The van der Waals surface area contributed by atoms with Crippen LogP contribution in [0.5, 0.6) is 0 Å². The van der Waals surface area contributed by atoms with E-state index in [0.29, 0.717) is 5.84 Å². The Balaban J connectivity index is 0.00000450. The number of hydrogen-bond acceptors (Lipinski definition) is 2. The summed E-state index contributed by atoms with van der Waals surface area (Å²) in [5.41, 5.74) is 2.00. The van der Waals surface area contributed by atoms with Gasteiger partial charge in [-0.1, -0.05) is 96.3 Å². The maximum atomic E-state index is 8.96. The van der Waals surface area contributed by atoms with Gasteiger partial charge in [0.05, 0.1) is 5.52 Å². The fourth-order valence-corrected chi connectivity index (χ4v) is 3.97. The number of nitrogens with zero attached hydrogens (tertiary/aromatic N) is 2. The van der Waals surface area contributed by atoms with Crippen molar-refractivity contribution in [2.24, 2.45) is 0 Å². The van der Waals surface area contributed by atoms with Gasteiger partial charge < -0.3 is 4.90 Å². The molecule has 2 rings (SSSR count). The zero-order valence-corrected chi connectivity index (χ0v) is 20.0. The Labute approximate surface area is 190 Å². The van der Waals surface area contributed by atoms with Crippen LogP contribution in [-0.4, -0.2) is 28.8 Å². The van der Waals surface area contributed by atoms with Crippen molar-refractivity contribution >= 4 is 29.1 Å². The van der Waals surface area contributed by atoms with Crippen LogP contribution in [0.4, 0.5) is 0 Å². The lowest BCUT2D eigenvalue weighted by Gasteiger charge is -2.26. The molecule has 0 spiro atoms. The van der Waals surface area contributed by atoms with Crippen molar-refractivity contribution in [3.05, 3.63) is 42.1 Å². The maximum absolute atomic E-state index is 8.96. The highest BCUT2D eigenvalue weighted by Crippen LogP contribution is 2.19. The third-order valence-electron chi connectivity index (χ3n) is 5.78. The normalized spacial score (nSPS) is 10.7. The van der Waals surface area contributed by atoms with Crippen molar-refractivity contribution < 1.29 is 0 Å². The van der Waals surface area contributed by atoms with Crippen molar-refractivity contribution in [2.75, 3.05) is 13.1 Å². The fraction of sp³-hybridized carbons (Fsp3) is 0.615. The summed E-state index contributed by atoms with van der Waals surface area (Å²) < 4.78 is 0. The summed E-state index contributed by atoms with van der Waals surface area (Å²) in [6, 6.07) is 10.2. The highest BCUT2D eigenvalue weighted by atomic mass is 35.5. The van der Waals surface area contributed by atoms with Gasteiger partial charge in [0, 0.05) is 30.2 Å². The van der Waals surface area contributed by atoms with Gasteiger partial charge in [0.1, 0.15) is 5.84 Å². The van der Waals surface area contributed by atoms with Crippen LogP contribution in [-0.2, 0) is 0 Å². The summed E-state index contributed by atoms with van der Waals surface area (Å²) >= 11 is 0. The number of rotatable bonds is 15. The molecule has 3 nitrogen and oxygen atoms in total. The van der Waals surface area contributed by atoms with Gasteiger partial charge in [0.15, 0.2) is 0 Å². The molecule has 0 unspecified atom stereocenters. The Kier molecular flexibility index (Phi) is 14.2. The van der Waals surface area contributed by atoms with Crippen LogP contribution in [0.15, 0.2) is 36.5 Å². The van der Waals surface area contributed by atoms with E-state index in [1.165, 1.54) is 77.0 Å². The molecule has 1 aromatic carbocycles. The molecule has 4 heteroatoms. The molecule has 0 saturated carbocycles. The molecule has 0 saturated heterocycles. The van der Waals surface area contributed by atoms with Crippen LogP contribution in [0.1, 0.15) is 96.5 Å². The molecule has 1 aromatic heterocycles. The van der Waals surface area contributed by atoms with Gasteiger partial charge in [-0.3, -0.25) is 10.4 Å². The van der Waals surface area contributed by atoms with Gasteiger partial charge in [-0.2, -0.15) is 0 Å². The molecule has 1 heterocycles. The zero-order valence-electron chi connectivity index (χ0n) is 19.2. The molecule has 0 aliphatic rings. The number of hydrogen-bond donors (Lipinski definition) is 1. The summed E-state index contributed by atoms with van der Waals surface area (Å²) in [5.74, 6) is 0.672. The van der Waals surface area contributed by atoms with Crippen LogP contribution < -0.4 is 0 Å². The van der Waals surface area contributed by atoms with Gasteiger partial charge in [-0.25, -0.2) is 0 Å². The first-order chi connectivity index (χ1) is 14.3. The van der Waals surface area contributed by atoms with Gasteiger partial charge in [-0.05, 0) is 25.0 Å². The molecule has 0 fully saturated rings. The second-order valence-electron chi connectivity index (χ2n) is 8.25. The molecule has 2 aromatic rings. The van der Waals surface area contributed by atoms with Crippen LogP contribution in [0, 0.1) is 5.41 Å². The van der Waals surface area contributed by atoms with E-state index in [4.69, 9.17) is 5.41 Å². The minimum Gasteiger partial charge on any atom is -0.357 e. The van der Waals surface area contributed by atoms with E-state index in [9.17, 15) is 0 Å². The van der Waals surface area contributed by atoms with Crippen LogP contribution in [0.2, 0.25) is 0 Å². The molecule has 0 bridgehead atoms. The maximum Gasteiger partial charge on any atom is 0.128 e. The van der Waals surface area contributed by atoms with Gasteiger partial charge >= 0.3 is 0 Å². The van der Waals surface area contributed by atoms with E-state index in [0.717, 1.165) is 29.6 Å². The number of halogens is 1. The van der Waals surface area contributed by atoms with E-state index in [-0.39, 0.29) is 12.4 Å². The summed E-state index contributed by atoms with van der Waals surface area (Å²) in [7, 11) is 0. The number of unbranched alkanes of at least 4 members (excludes halogenated alkanes) is 10. The number of fused-ring (bicyclic) bond motifs is 1. The topological polar surface area (TPSA) is 40.0 Å². The molecule has 168 valence electrons. The molecule has 0 aliphatic heterocycles. The lowest BCUT2D eigenvalue weighted by molar-refractivity contribution is 0.383. The summed E-state index contributed by atoms with van der Waals surface area (Å²) in [4.78, 5) is 6.80. The first-order valence-corrected chi connectivity index (χ1v) is 12.0. The number of nitrogens with one attached hydrogen (secondary N) is 1. The van der Waals surface area contributed by atoms with Gasteiger partial charge in [0.25, 0.3) is 0 Å². The molecule has 0 amide bonds. The third kappa shape index (κ3) is 9.04. The average Bonchev–Trinajstić information content (AvgIpc) is 2.76. The molecule has 30 heavy (non-hydrogen) atoms. The fourth-order valence-electron chi connectivity index (χ4n) is 3.97. The van der Waals surface area contributed by atoms with Crippen LogP contribution in [0.3, 0.4) is 0 Å². The molecular formula is C26H42ClN3. The predicted octanol–water partition coefficient (Wildman–Crippen LogP) is 8.00. The number of aromatic nitrogens is 1. The highest BCUT2D eigenvalue weighted by Gasteiger charge is 2.14. The first kappa shape index (κ1) is 26.4. The van der Waals surface area contributed by atoms with Crippen LogP contribution in [0.25, 0.3) is 10.9 Å². The average molecular weight is 432 g/mol. The number of benzene rings is 1. The second-order valence-corrected chi connectivity index (χ2v) is 8.25. The summed E-state index contributed by atoms with van der Waals surface area (Å²) in [5, 5.41) is 10.1. The minimum atomic E-state index is 0. The van der Waals surface area contributed by atoms with E-state index in [1.807, 2.05) is 30.5 Å². The molecular weight excluding hydrogens is 390 g/mol. The van der Waals surface area contributed by atoms with Gasteiger partial charge in [-0.15, -0.1) is 12.4 Å². The zero-order chi connectivity index (χ0) is 20.7. The number of para-hydroxylation sites is 1. The predicted molar refractivity (Wildman–Crippen MR) is 134 cm³/mol. The highest BCUT2D eigenvalue weighted by molar-refractivity contribution is 6.07. The van der Waals surface area contributed by atoms with E-state index >= 15 is 0 Å². The van der Waals surface area contributed by atoms with Crippen molar-refractivity contribution in [1.29, 1.82) is 5.41 Å². The molecule has 0 aliphatic carbocycles. The molecule has 0 atom stereocenters. The summed E-state index contributed by atoms with van der Waals surface area (Å²) in [6.07, 6.45) is 17.4. The Hall–Kier alpha value is -1.61. The third-order valence-corrected chi connectivity index (χ3v) is 5.78. The first-order valence-electron chi connectivity index (χ1n) is 12.0. The van der Waals surface area contributed by atoms with Crippen molar-refractivity contribution in [1.82, 2.24) is 9.88 Å². The van der Waals surface area contributed by atoms with E-state index in [2.05, 4.69) is 29.8 Å². The number of amidine groups is 1. The van der Waals surface area contributed by atoms with Crippen molar-refractivity contribution in [2.45, 2.75) is 90.9 Å². The van der Waals surface area contributed by atoms with Crippen molar-refractivity contribution in [3.63, 3.8) is 0 Å². The lowest BCUT2D eigenvalue weighted by atomic mass is 10.1. The molecule has 1 N–H and O–H groups in total. The molecule has 0 radical (unpaired) electrons. The van der Waals surface area contributed by atoms with Crippen molar-refractivity contribution in [3.8, 4) is 0 Å². The van der Waals surface area contributed by atoms with E-state index in [1.54, 1.807) is 0 Å². The number of pyridine rings is 1. The SMILES string of the molecule is CCCCCCCCN(CCCCCCCC)C(=N)c1ccnc2ccccc12.Cl. The minimum absolute atomic E-state index is 0. The monoisotopic (exact) mass is 431 g/mol.